The summed E-state index contributed by atoms with van der Waals surface area (Å²) in [5.41, 5.74) is -0.877. The number of aromatic nitrogens is 5. The smallest absolute Gasteiger partial charge is 0.379 e. The number of carbonyl (C=O) groups is 2. The molecule has 40 heavy (non-hydrogen) atoms. The molecule has 0 aliphatic carbocycles. The second-order valence-electron chi connectivity index (χ2n) is 8.58. The van der Waals surface area contributed by atoms with Gasteiger partial charge in [-0.15, -0.1) is 10.2 Å². The highest BCUT2D eigenvalue weighted by molar-refractivity contribution is 7.18. The average Bonchev–Trinajstić information content (AvgIpc) is 3.59. The molecule has 0 saturated carbocycles. The second kappa shape index (κ2) is 11.5. The zero-order valence-electron chi connectivity index (χ0n) is 20.5. The normalized spacial score (nSPS) is 14.3. The second-order valence-corrected chi connectivity index (χ2v) is 9.56. The van der Waals surface area contributed by atoms with Crippen LogP contribution in [0.2, 0.25) is 0 Å². The number of halogens is 4. The number of ether oxygens (including phenoxy) is 1. The number of benzene rings is 1. The summed E-state index contributed by atoms with van der Waals surface area (Å²) >= 11 is 0.890. The van der Waals surface area contributed by atoms with Gasteiger partial charge in [-0.25, -0.2) is 14.2 Å². The van der Waals surface area contributed by atoms with Gasteiger partial charge in [0, 0.05) is 26.2 Å². The molecular weight excluding hydrogens is 558 g/mol. The minimum absolute atomic E-state index is 0.0390. The quantitative estimate of drug-likeness (QED) is 0.244. The number of pyridine rings is 1. The number of aromatic amines is 1. The van der Waals surface area contributed by atoms with Gasteiger partial charge in [0.2, 0.25) is 5.13 Å². The summed E-state index contributed by atoms with van der Waals surface area (Å²) in [6, 6.07) is 2.15. The van der Waals surface area contributed by atoms with Crippen molar-refractivity contribution in [2.24, 2.45) is 0 Å². The molecule has 1 saturated heterocycles. The molecule has 1 aliphatic rings. The van der Waals surface area contributed by atoms with E-state index in [0.29, 0.717) is 61.1 Å². The largest absolute Gasteiger partial charge is 0.416 e. The summed E-state index contributed by atoms with van der Waals surface area (Å²) in [5, 5.41) is 22.4. The van der Waals surface area contributed by atoms with Gasteiger partial charge in [0.05, 0.1) is 41.6 Å². The van der Waals surface area contributed by atoms with Crippen LogP contribution in [-0.4, -0.2) is 81.6 Å². The Morgan fingerprint density at radius 1 is 1.12 bits per heavy atom. The molecule has 1 aliphatic heterocycles. The molecule has 4 N–H and O–H groups in total. The van der Waals surface area contributed by atoms with Crippen molar-refractivity contribution in [1.82, 2.24) is 35.6 Å². The van der Waals surface area contributed by atoms with Crippen molar-refractivity contribution < 1.29 is 31.9 Å². The number of alkyl halides is 3. The van der Waals surface area contributed by atoms with Gasteiger partial charge >= 0.3 is 12.2 Å². The SMILES string of the molecule is O=C(Nc1nnc(-c2cc(C(=O)NCCN3CCOCC3)c3cn[nH]c3n2)s1)Nc1cc(C(F)(F)F)ccc1F. The van der Waals surface area contributed by atoms with Gasteiger partial charge < -0.3 is 15.4 Å². The van der Waals surface area contributed by atoms with Crippen LogP contribution in [0.1, 0.15) is 15.9 Å². The Balaban J connectivity index is 1.27. The lowest BCUT2D eigenvalue weighted by Gasteiger charge is -2.26. The first-order valence-corrected chi connectivity index (χ1v) is 12.7. The minimum atomic E-state index is -4.71. The number of anilines is 2. The van der Waals surface area contributed by atoms with E-state index in [1.807, 2.05) is 5.32 Å². The third kappa shape index (κ3) is 6.32. The van der Waals surface area contributed by atoms with Crippen molar-refractivity contribution >= 4 is 45.1 Å². The Kier molecular flexibility index (Phi) is 7.85. The van der Waals surface area contributed by atoms with Crippen LogP contribution in [0.4, 0.5) is 33.2 Å². The number of fused-ring (bicyclic) bond motifs is 1. The standard InChI is InChI=1S/C23H21F4N9O3S/c24-15-2-1-12(23(25,26)27)9-16(15)31-21(38)32-22-35-34-20(40-22)17-10-13(14-11-29-33-18(14)30-17)19(37)28-3-4-36-5-7-39-8-6-36/h1-2,9-11H,3-8H2,(H,28,37)(H,29,30,33)(H2,31,32,35,38). The van der Waals surface area contributed by atoms with Crippen LogP contribution in [0.5, 0.6) is 0 Å². The molecule has 4 aromatic rings. The van der Waals surface area contributed by atoms with Crippen LogP contribution in [-0.2, 0) is 10.9 Å². The van der Waals surface area contributed by atoms with Crippen molar-refractivity contribution in [3.63, 3.8) is 0 Å². The van der Waals surface area contributed by atoms with Crippen molar-refractivity contribution in [2.45, 2.75) is 6.18 Å². The zero-order chi connectivity index (χ0) is 28.3. The fraction of sp³-hybridized carbons (Fsp3) is 0.304. The maximum absolute atomic E-state index is 14.0. The molecule has 3 aromatic heterocycles. The van der Waals surface area contributed by atoms with Crippen LogP contribution in [0.3, 0.4) is 0 Å². The number of urea groups is 1. The molecule has 1 aromatic carbocycles. The van der Waals surface area contributed by atoms with Gasteiger partial charge in [0.1, 0.15) is 11.5 Å². The van der Waals surface area contributed by atoms with E-state index in [4.69, 9.17) is 4.74 Å². The Bertz CT molecular complexity index is 1540. The van der Waals surface area contributed by atoms with E-state index < -0.39 is 29.3 Å². The summed E-state index contributed by atoms with van der Waals surface area (Å²) in [6.07, 6.45) is -3.23. The third-order valence-corrected chi connectivity index (χ3v) is 6.75. The molecule has 3 amide bonds. The number of H-pyrrole nitrogens is 1. The average molecular weight is 580 g/mol. The van der Waals surface area contributed by atoms with E-state index in [1.54, 1.807) is 0 Å². The molecule has 5 rings (SSSR count). The maximum Gasteiger partial charge on any atom is 0.416 e. The Hall–Kier alpha value is -4.22. The van der Waals surface area contributed by atoms with E-state index in [1.165, 1.54) is 12.3 Å². The predicted octanol–water partition coefficient (Wildman–Crippen LogP) is 3.34. The number of nitrogens with zero attached hydrogens (tertiary/aromatic N) is 5. The van der Waals surface area contributed by atoms with Crippen molar-refractivity contribution in [2.75, 3.05) is 50.0 Å². The monoisotopic (exact) mass is 579 g/mol. The number of amides is 3. The first kappa shape index (κ1) is 27.4. The molecular formula is C23H21F4N9O3S. The highest BCUT2D eigenvalue weighted by Gasteiger charge is 2.31. The molecule has 210 valence electrons. The van der Waals surface area contributed by atoms with E-state index in [-0.39, 0.29) is 21.7 Å². The van der Waals surface area contributed by atoms with Gasteiger partial charge in [-0.3, -0.25) is 20.1 Å². The minimum Gasteiger partial charge on any atom is -0.379 e. The van der Waals surface area contributed by atoms with Gasteiger partial charge in [0.25, 0.3) is 5.91 Å². The molecule has 0 spiro atoms. The van der Waals surface area contributed by atoms with Gasteiger partial charge in [-0.1, -0.05) is 11.3 Å². The van der Waals surface area contributed by atoms with Crippen LogP contribution < -0.4 is 16.0 Å². The number of rotatable bonds is 7. The maximum atomic E-state index is 14.0. The Labute approximate surface area is 227 Å². The fourth-order valence-electron chi connectivity index (χ4n) is 3.90. The van der Waals surface area contributed by atoms with Crippen LogP contribution >= 0.6 is 11.3 Å². The number of morpholine rings is 1. The third-order valence-electron chi connectivity index (χ3n) is 5.89. The summed E-state index contributed by atoms with van der Waals surface area (Å²) in [4.78, 5) is 31.9. The number of nitrogens with one attached hydrogen (secondary N) is 4. The predicted molar refractivity (Wildman–Crippen MR) is 136 cm³/mol. The summed E-state index contributed by atoms with van der Waals surface area (Å²) in [5.74, 6) is -1.39. The number of carbonyl (C=O) groups excluding carboxylic acids is 2. The number of hydrogen-bond acceptors (Lipinski definition) is 9. The topological polar surface area (TPSA) is 150 Å². The zero-order valence-corrected chi connectivity index (χ0v) is 21.3. The first-order chi connectivity index (χ1) is 19.2. The molecule has 1 fully saturated rings. The van der Waals surface area contributed by atoms with E-state index in [0.717, 1.165) is 24.4 Å². The van der Waals surface area contributed by atoms with E-state index >= 15 is 0 Å². The van der Waals surface area contributed by atoms with Crippen LogP contribution in [0.15, 0.2) is 30.5 Å². The lowest BCUT2D eigenvalue weighted by atomic mass is 10.1. The molecule has 0 radical (unpaired) electrons. The molecule has 4 heterocycles. The molecule has 12 nitrogen and oxygen atoms in total. The molecule has 0 bridgehead atoms. The number of hydrogen-bond donors (Lipinski definition) is 4. The highest BCUT2D eigenvalue weighted by atomic mass is 32.1. The van der Waals surface area contributed by atoms with Crippen molar-refractivity contribution in [3.8, 4) is 10.7 Å². The Morgan fingerprint density at radius 3 is 2.70 bits per heavy atom. The van der Waals surface area contributed by atoms with Crippen LogP contribution in [0, 0.1) is 5.82 Å². The summed E-state index contributed by atoms with van der Waals surface area (Å²) in [7, 11) is 0. The van der Waals surface area contributed by atoms with Gasteiger partial charge in [0.15, 0.2) is 10.7 Å². The molecule has 17 heteroatoms. The van der Waals surface area contributed by atoms with Crippen LogP contribution in [0.25, 0.3) is 21.7 Å². The lowest BCUT2D eigenvalue weighted by molar-refractivity contribution is -0.137. The van der Waals surface area contributed by atoms with E-state index in [2.05, 4.69) is 40.9 Å². The fourth-order valence-corrected chi connectivity index (χ4v) is 4.60. The van der Waals surface area contributed by atoms with Crippen molar-refractivity contribution in [3.05, 3.63) is 47.4 Å². The van der Waals surface area contributed by atoms with E-state index in [9.17, 15) is 27.2 Å². The summed E-state index contributed by atoms with van der Waals surface area (Å²) < 4.78 is 58.1. The first-order valence-electron chi connectivity index (χ1n) is 11.9. The van der Waals surface area contributed by atoms with Crippen molar-refractivity contribution in [1.29, 1.82) is 0 Å². The summed E-state index contributed by atoms with van der Waals surface area (Å²) in [6.45, 7) is 3.98. The Morgan fingerprint density at radius 2 is 1.93 bits per heavy atom. The lowest BCUT2D eigenvalue weighted by Crippen LogP contribution is -2.41. The molecule has 0 unspecified atom stereocenters. The van der Waals surface area contributed by atoms with Gasteiger partial charge in [-0.2, -0.15) is 18.3 Å². The van der Waals surface area contributed by atoms with Gasteiger partial charge in [-0.05, 0) is 24.3 Å². The highest BCUT2D eigenvalue weighted by Crippen LogP contribution is 2.32. The molecule has 0 atom stereocenters.